The number of amides is 1. The zero-order valence-corrected chi connectivity index (χ0v) is 15.8. The molecule has 2 aromatic heterocycles. The second-order valence-corrected chi connectivity index (χ2v) is 9.20. The van der Waals surface area contributed by atoms with Crippen LogP contribution < -0.4 is 5.32 Å². The van der Waals surface area contributed by atoms with Crippen LogP contribution in [0.4, 0.5) is 0 Å². The molecule has 1 amide bonds. The third-order valence-corrected chi connectivity index (χ3v) is 6.52. The minimum Gasteiger partial charge on any atom is -0.373 e. The standard InChI is InChI=1S/C15H22N4O4S2/c1-11-8-19(9-12(2)23-11)25(21,22)6-3-16-14(20)7-13-10-18-4-5-24-15(18)17-13/h4-5,10-12H,3,6-9H2,1-2H3,(H,16,20). The van der Waals surface area contributed by atoms with Gasteiger partial charge in [0.25, 0.3) is 0 Å². The van der Waals surface area contributed by atoms with Gasteiger partial charge in [-0.2, -0.15) is 4.31 Å². The Bertz CT molecular complexity index is 806. The van der Waals surface area contributed by atoms with Gasteiger partial charge in [-0.1, -0.05) is 0 Å². The monoisotopic (exact) mass is 386 g/mol. The van der Waals surface area contributed by atoms with Gasteiger partial charge in [0.05, 0.1) is 30.1 Å². The molecule has 3 rings (SSSR count). The Balaban J connectivity index is 1.48. The highest BCUT2D eigenvalue weighted by atomic mass is 32.2. The van der Waals surface area contributed by atoms with Crippen molar-refractivity contribution in [3.63, 3.8) is 0 Å². The molecule has 0 radical (unpaired) electrons. The van der Waals surface area contributed by atoms with Crippen LogP contribution in [0.1, 0.15) is 19.5 Å². The van der Waals surface area contributed by atoms with Crippen LogP contribution in [0.25, 0.3) is 4.96 Å². The molecule has 0 spiro atoms. The van der Waals surface area contributed by atoms with Gasteiger partial charge in [0.1, 0.15) is 0 Å². The van der Waals surface area contributed by atoms with Crippen molar-refractivity contribution in [2.75, 3.05) is 25.4 Å². The van der Waals surface area contributed by atoms with E-state index in [0.29, 0.717) is 18.8 Å². The van der Waals surface area contributed by atoms with E-state index in [0.717, 1.165) is 4.96 Å². The first-order chi connectivity index (χ1) is 11.8. The van der Waals surface area contributed by atoms with Gasteiger partial charge in [0.2, 0.25) is 15.9 Å². The summed E-state index contributed by atoms with van der Waals surface area (Å²) < 4.78 is 33.7. The van der Waals surface area contributed by atoms with Crippen LogP contribution in [-0.2, 0) is 26.0 Å². The summed E-state index contributed by atoms with van der Waals surface area (Å²) >= 11 is 1.50. The first-order valence-corrected chi connectivity index (χ1v) is 10.6. The predicted octanol–water partition coefficient (Wildman–Crippen LogP) is 0.494. The molecule has 1 aliphatic heterocycles. The van der Waals surface area contributed by atoms with Crippen molar-refractivity contribution < 1.29 is 17.9 Å². The largest absolute Gasteiger partial charge is 0.373 e. The van der Waals surface area contributed by atoms with Crippen molar-refractivity contribution in [3.8, 4) is 0 Å². The van der Waals surface area contributed by atoms with Crippen LogP contribution >= 0.6 is 11.3 Å². The van der Waals surface area contributed by atoms with E-state index in [1.807, 2.05) is 29.8 Å². The lowest BCUT2D eigenvalue weighted by Crippen LogP contribution is -2.49. The number of carbonyl (C=O) groups excluding carboxylic acids is 1. The quantitative estimate of drug-likeness (QED) is 0.780. The van der Waals surface area contributed by atoms with Gasteiger partial charge in [0.15, 0.2) is 4.96 Å². The zero-order valence-electron chi connectivity index (χ0n) is 14.2. The average Bonchev–Trinajstić information content (AvgIpc) is 3.07. The fraction of sp³-hybridized carbons (Fsp3) is 0.600. The molecule has 10 heteroatoms. The summed E-state index contributed by atoms with van der Waals surface area (Å²) in [6.45, 7) is 4.51. The lowest BCUT2D eigenvalue weighted by Gasteiger charge is -2.34. The van der Waals surface area contributed by atoms with Gasteiger partial charge in [-0.05, 0) is 13.8 Å². The minimum atomic E-state index is -3.41. The van der Waals surface area contributed by atoms with E-state index in [2.05, 4.69) is 10.3 Å². The molecule has 0 aromatic carbocycles. The Morgan fingerprint density at radius 3 is 2.80 bits per heavy atom. The van der Waals surface area contributed by atoms with Crippen LogP contribution in [0.3, 0.4) is 0 Å². The van der Waals surface area contributed by atoms with Gasteiger partial charge in [-0.25, -0.2) is 13.4 Å². The van der Waals surface area contributed by atoms with Crippen LogP contribution in [0.2, 0.25) is 0 Å². The molecule has 1 aliphatic rings. The zero-order chi connectivity index (χ0) is 18.0. The molecule has 2 aromatic rings. The maximum atomic E-state index is 12.4. The maximum Gasteiger partial charge on any atom is 0.226 e. The van der Waals surface area contributed by atoms with Gasteiger partial charge in [-0.3, -0.25) is 9.20 Å². The number of carbonyl (C=O) groups is 1. The van der Waals surface area contributed by atoms with E-state index in [4.69, 9.17) is 4.74 Å². The highest BCUT2D eigenvalue weighted by molar-refractivity contribution is 7.89. The molecule has 0 saturated carbocycles. The summed E-state index contributed by atoms with van der Waals surface area (Å²) in [5.41, 5.74) is 0.669. The van der Waals surface area contributed by atoms with E-state index in [1.54, 1.807) is 6.20 Å². The van der Waals surface area contributed by atoms with Gasteiger partial charge in [-0.15, -0.1) is 11.3 Å². The van der Waals surface area contributed by atoms with Crippen LogP contribution in [0.5, 0.6) is 0 Å². The number of fused-ring (bicyclic) bond motifs is 1. The molecule has 1 fully saturated rings. The summed E-state index contributed by atoms with van der Waals surface area (Å²) in [4.78, 5) is 17.2. The average molecular weight is 386 g/mol. The second kappa shape index (κ2) is 7.40. The minimum absolute atomic E-state index is 0.0868. The van der Waals surface area contributed by atoms with E-state index in [9.17, 15) is 13.2 Å². The Kier molecular flexibility index (Phi) is 5.42. The molecule has 0 bridgehead atoms. The van der Waals surface area contributed by atoms with Crippen LogP contribution in [0, 0.1) is 0 Å². The molecule has 2 atom stereocenters. The first kappa shape index (κ1) is 18.3. The fourth-order valence-electron chi connectivity index (χ4n) is 2.89. The number of thiazole rings is 1. The number of imidazole rings is 1. The number of nitrogens with one attached hydrogen (secondary N) is 1. The molecule has 3 heterocycles. The summed E-state index contributed by atoms with van der Waals surface area (Å²) in [5.74, 6) is -0.346. The van der Waals surface area contributed by atoms with Crippen molar-refractivity contribution in [2.45, 2.75) is 32.5 Å². The number of rotatable bonds is 6. The lowest BCUT2D eigenvalue weighted by atomic mass is 10.3. The maximum absolute atomic E-state index is 12.4. The molecule has 25 heavy (non-hydrogen) atoms. The van der Waals surface area contributed by atoms with Crippen LogP contribution in [-0.4, -0.2) is 65.6 Å². The normalized spacial score (nSPS) is 22.3. The molecule has 0 aliphatic carbocycles. The summed E-state index contributed by atoms with van der Waals surface area (Å²) in [7, 11) is -3.41. The van der Waals surface area contributed by atoms with Crippen molar-refractivity contribution in [1.29, 1.82) is 0 Å². The molecule has 1 saturated heterocycles. The molecule has 8 nitrogen and oxygen atoms in total. The number of hydrogen-bond acceptors (Lipinski definition) is 6. The van der Waals surface area contributed by atoms with Gasteiger partial charge < -0.3 is 10.1 Å². The molecular weight excluding hydrogens is 364 g/mol. The summed E-state index contributed by atoms with van der Waals surface area (Å²) in [6.07, 6.45) is 3.58. The Morgan fingerprint density at radius 1 is 1.40 bits per heavy atom. The lowest BCUT2D eigenvalue weighted by molar-refractivity contribution is -0.120. The smallest absolute Gasteiger partial charge is 0.226 e. The Hall–Kier alpha value is -1.49. The number of sulfonamides is 1. The van der Waals surface area contributed by atoms with Crippen molar-refractivity contribution >= 4 is 32.2 Å². The van der Waals surface area contributed by atoms with E-state index in [-0.39, 0.29) is 36.8 Å². The van der Waals surface area contributed by atoms with E-state index < -0.39 is 10.0 Å². The predicted molar refractivity (Wildman–Crippen MR) is 95.2 cm³/mol. The van der Waals surface area contributed by atoms with E-state index >= 15 is 0 Å². The summed E-state index contributed by atoms with van der Waals surface area (Å²) in [5, 5.41) is 4.58. The highest BCUT2D eigenvalue weighted by Crippen LogP contribution is 2.15. The number of morpholine rings is 1. The molecule has 138 valence electrons. The third-order valence-electron chi connectivity index (χ3n) is 3.95. The number of nitrogens with zero attached hydrogens (tertiary/aromatic N) is 3. The fourth-order valence-corrected chi connectivity index (χ4v) is 5.11. The number of ether oxygens (including phenoxy) is 1. The number of aromatic nitrogens is 2. The number of hydrogen-bond donors (Lipinski definition) is 1. The Morgan fingerprint density at radius 2 is 2.12 bits per heavy atom. The third kappa shape index (κ3) is 4.57. The second-order valence-electron chi connectivity index (χ2n) is 6.24. The molecule has 1 N–H and O–H groups in total. The summed E-state index contributed by atoms with van der Waals surface area (Å²) in [6, 6.07) is 0. The Labute approximate surface area is 150 Å². The van der Waals surface area contributed by atoms with Crippen molar-refractivity contribution in [2.24, 2.45) is 0 Å². The van der Waals surface area contributed by atoms with Crippen molar-refractivity contribution in [1.82, 2.24) is 19.0 Å². The topological polar surface area (TPSA) is 93.0 Å². The molecular formula is C15H22N4O4S2. The molecule has 2 unspecified atom stereocenters. The van der Waals surface area contributed by atoms with Gasteiger partial charge in [0, 0.05) is 37.4 Å². The van der Waals surface area contributed by atoms with Crippen LogP contribution in [0.15, 0.2) is 17.8 Å². The van der Waals surface area contributed by atoms with Gasteiger partial charge >= 0.3 is 0 Å². The van der Waals surface area contributed by atoms with E-state index in [1.165, 1.54) is 15.6 Å². The van der Waals surface area contributed by atoms with Crippen molar-refractivity contribution in [3.05, 3.63) is 23.5 Å². The SMILES string of the molecule is CC1CN(S(=O)(=O)CCNC(=O)Cc2cn3ccsc3n2)CC(C)O1. The highest BCUT2D eigenvalue weighted by Gasteiger charge is 2.30. The first-order valence-electron chi connectivity index (χ1n) is 8.14.